The van der Waals surface area contributed by atoms with Gasteiger partial charge in [-0.25, -0.2) is 0 Å². The van der Waals surface area contributed by atoms with Crippen LogP contribution in [0.4, 0.5) is 0 Å². The molecule has 0 spiro atoms. The molecule has 6 heteroatoms. The van der Waals surface area contributed by atoms with Crippen LogP contribution >= 0.6 is 11.6 Å². The second-order valence-corrected chi connectivity index (χ2v) is 7.74. The first-order valence-corrected chi connectivity index (χ1v) is 9.46. The number of halogens is 1. The lowest BCUT2D eigenvalue weighted by atomic mass is 9.91. The number of piperidine rings is 1. The zero-order valence-corrected chi connectivity index (χ0v) is 17.1. The van der Waals surface area contributed by atoms with Crippen LogP contribution in [0, 0.1) is 5.92 Å². The van der Waals surface area contributed by atoms with Gasteiger partial charge in [0.05, 0.1) is 11.6 Å². The van der Waals surface area contributed by atoms with Crippen molar-refractivity contribution in [3.05, 3.63) is 28.8 Å². The Morgan fingerprint density at radius 3 is 2.46 bits per heavy atom. The minimum atomic E-state index is -0.318. The highest BCUT2D eigenvalue weighted by Crippen LogP contribution is 2.28. The Balaban J connectivity index is 0.000000412. The van der Waals surface area contributed by atoms with Crippen LogP contribution in [-0.4, -0.2) is 45.5 Å². The number of nitrogens with one attached hydrogen (secondary N) is 1. The molecule has 0 unspecified atom stereocenters. The monoisotopic (exact) mass is 385 g/mol. The van der Waals surface area contributed by atoms with Gasteiger partial charge < -0.3 is 19.5 Å². The molecule has 1 fully saturated rings. The summed E-state index contributed by atoms with van der Waals surface area (Å²) in [4.78, 5) is 9.60. The molecule has 1 saturated heterocycles. The molecule has 0 aliphatic carbocycles. The molecule has 5 nitrogen and oxygen atoms in total. The molecule has 0 atom stereocenters. The Kier molecular flexibility index (Phi) is 10.6. The Hall–Kier alpha value is -1.30. The third kappa shape index (κ3) is 10.00. The van der Waals surface area contributed by atoms with Gasteiger partial charge in [-0.05, 0) is 76.7 Å². The number of benzene rings is 1. The van der Waals surface area contributed by atoms with Crippen LogP contribution in [0.25, 0.3) is 0 Å². The summed E-state index contributed by atoms with van der Waals surface area (Å²) in [6.45, 7) is 9.30. The number of hydrogen-bond donors (Lipinski definition) is 1. The molecule has 1 N–H and O–H groups in total. The number of carbonyl (C=O) groups is 1. The van der Waals surface area contributed by atoms with E-state index in [-0.39, 0.29) is 5.60 Å². The summed E-state index contributed by atoms with van der Waals surface area (Å²) in [5.74, 6) is 1.54. The lowest BCUT2D eigenvalue weighted by Crippen LogP contribution is -2.28. The third-order valence-electron chi connectivity index (χ3n) is 3.93. The van der Waals surface area contributed by atoms with Gasteiger partial charge in [-0.15, -0.1) is 0 Å². The maximum absolute atomic E-state index is 9.60. The zero-order valence-electron chi connectivity index (χ0n) is 16.3. The summed E-state index contributed by atoms with van der Waals surface area (Å²) >= 11 is 6.14. The minimum absolute atomic E-state index is 0.318. The largest absolute Gasteiger partial charge is 0.490 e. The summed E-state index contributed by atoms with van der Waals surface area (Å²) < 4.78 is 15.2. The van der Waals surface area contributed by atoms with Crippen LogP contribution in [0.15, 0.2) is 18.2 Å². The number of ether oxygens (including phenoxy) is 3. The summed E-state index contributed by atoms with van der Waals surface area (Å²) in [7, 11) is 1.67. The van der Waals surface area contributed by atoms with E-state index >= 15 is 0 Å². The van der Waals surface area contributed by atoms with Crippen molar-refractivity contribution >= 4 is 18.1 Å². The molecule has 1 aliphatic rings. The van der Waals surface area contributed by atoms with Gasteiger partial charge in [0.15, 0.2) is 0 Å². The fourth-order valence-electron chi connectivity index (χ4n) is 2.58. The van der Waals surface area contributed by atoms with Crippen molar-refractivity contribution in [3.63, 3.8) is 0 Å². The second kappa shape index (κ2) is 12.2. The standard InChI is InChI=1S/C15H22ClNO2.C5H10O2/c1-18-8-9-19-15-11-13(2-3-14(15)16)10-12-4-6-17-7-5-12;1-5(2,3)7-4-6/h2-3,11-12,17H,4-10H2,1H3;4H,1-3H3. The predicted octanol–water partition coefficient (Wildman–Crippen LogP) is 3.87. The average Bonchev–Trinajstić information content (AvgIpc) is 2.58. The molecule has 0 radical (unpaired) electrons. The molecule has 0 amide bonds. The van der Waals surface area contributed by atoms with E-state index in [0.29, 0.717) is 24.7 Å². The highest BCUT2D eigenvalue weighted by molar-refractivity contribution is 6.32. The Bertz CT molecular complexity index is 525. The van der Waals surface area contributed by atoms with Crippen molar-refractivity contribution in [1.82, 2.24) is 5.32 Å². The minimum Gasteiger partial charge on any atom is -0.490 e. The van der Waals surface area contributed by atoms with E-state index in [1.165, 1.54) is 18.4 Å². The number of hydrogen-bond acceptors (Lipinski definition) is 5. The molecule has 148 valence electrons. The van der Waals surface area contributed by atoms with Crippen molar-refractivity contribution < 1.29 is 19.0 Å². The van der Waals surface area contributed by atoms with Crippen LogP contribution < -0.4 is 10.1 Å². The van der Waals surface area contributed by atoms with Gasteiger partial charge >= 0.3 is 0 Å². The van der Waals surface area contributed by atoms with Crippen molar-refractivity contribution in [2.45, 2.75) is 45.6 Å². The average molecular weight is 386 g/mol. The SMILES string of the molecule is CC(C)(C)OC=O.COCCOc1cc(CC2CCNCC2)ccc1Cl. The number of methoxy groups -OCH3 is 1. The molecule has 1 heterocycles. The van der Waals surface area contributed by atoms with Crippen molar-refractivity contribution in [1.29, 1.82) is 0 Å². The quantitative estimate of drug-likeness (QED) is 0.570. The molecule has 1 aromatic carbocycles. The smallest absolute Gasteiger partial charge is 0.293 e. The second-order valence-electron chi connectivity index (χ2n) is 7.33. The molecule has 0 bridgehead atoms. The third-order valence-corrected chi connectivity index (χ3v) is 4.24. The summed E-state index contributed by atoms with van der Waals surface area (Å²) in [6, 6.07) is 6.10. The van der Waals surface area contributed by atoms with Crippen molar-refractivity contribution in [2.24, 2.45) is 5.92 Å². The lowest BCUT2D eigenvalue weighted by Gasteiger charge is -2.22. The van der Waals surface area contributed by atoms with Gasteiger partial charge in [0, 0.05) is 7.11 Å². The first-order valence-electron chi connectivity index (χ1n) is 9.08. The van der Waals surface area contributed by atoms with Gasteiger partial charge in [0.2, 0.25) is 0 Å². The van der Waals surface area contributed by atoms with Crippen LogP contribution in [0.1, 0.15) is 39.2 Å². The Morgan fingerprint density at radius 2 is 1.92 bits per heavy atom. The molecular formula is C20H32ClNO4. The van der Waals surface area contributed by atoms with Crippen molar-refractivity contribution in [2.75, 3.05) is 33.4 Å². The van der Waals surface area contributed by atoms with Gasteiger partial charge in [0.1, 0.15) is 18.0 Å². The normalized spacial score (nSPS) is 15.0. The van der Waals surface area contributed by atoms with E-state index in [2.05, 4.69) is 22.2 Å². The van der Waals surface area contributed by atoms with E-state index in [4.69, 9.17) is 21.1 Å². The molecular weight excluding hydrogens is 354 g/mol. The first-order chi connectivity index (χ1) is 12.4. The van der Waals surface area contributed by atoms with Crippen molar-refractivity contribution in [3.8, 4) is 5.75 Å². The van der Waals surface area contributed by atoms with Gasteiger partial charge in [-0.2, -0.15) is 0 Å². The van der Waals surface area contributed by atoms with Gasteiger partial charge in [-0.3, -0.25) is 4.79 Å². The van der Waals surface area contributed by atoms with Gasteiger partial charge in [-0.1, -0.05) is 17.7 Å². The van der Waals surface area contributed by atoms with E-state index in [1.807, 2.05) is 26.8 Å². The predicted molar refractivity (Wildman–Crippen MR) is 105 cm³/mol. The topological polar surface area (TPSA) is 56.8 Å². The summed E-state index contributed by atoms with van der Waals surface area (Å²) in [6.07, 6.45) is 3.62. The highest BCUT2D eigenvalue weighted by Gasteiger charge is 2.14. The summed E-state index contributed by atoms with van der Waals surface area (Å²) in [5, 5.41) is 4.07. The molecule has 2 rings (SSSR count). The van der Waals surface area contributed by atoms with Gasteiger partial charge in [0.25, 0.3) is 6.47 Å². The first kappa shape index (κ1) is 22.7. The maximum atomic E-state index is 9.60. The van der Waals surface area contributed by atoms with Crippen LogP contribution in [-0.2, 0) is 20.7 Å². The number of rotatable bonds is 7. The van der Waals surface area contributed by atoms with E-state index < -0.39 is 0 Å². The molecule has 0 aromatic heterocycles. The fraction of sp³-hybridized carbons (Fsp3) is 0.650. The van der Waals surface area contributed by atoms with E-state index in [9.17, 15) is 4.79 Å². The fourth-order valence-corrected chi connectivity index (χ4v) is 2.76. The van der Waals surface area contributed by atoms with Crippen LogP contribution in [0.5, 0.6) is 5.75 Å². The number of carbonyl (C=O) groups excluding carboxylic acids is 1. The molecule has 1 aliphatic heterocycles. The van der Waals surface area contributed by atoms with E-state index in [0.717, 1.165) is 31.2 Å². The molecule has 0 saturated carbocycles. The van der Waals surface area contributed by atoms with Crippen LogP contribution in [0.2, 0.25) is 5.02 Å². The summed E-state index contributed by atoms with van der Waals surface area (Å²) in [5.41, 5.74) is 0.991. The zero-order chi connectivity index (χ0) is 19.4. The van der Waals surface area contributed by atoms with Crippen LogP contribution in [0.3, 0.4) is 0 Å². The Labute approximate surface area is 162 Å². The molecule has 1 aromatic rings. The lowest BCUT2D eigenvalue weighted by molar-refractivity contribution is -0.138. The molecule has 26 heavy (non-hydrogen) atoms. The maximum Gasteiger partial charge on any atom is 0.293 e. The van der Waals surface area contributed by atoms with E-state index in [1.54, 1.807) is 7.11 Å². The highest BCUT2D eigenvalue weighted by atomic mass is 35.5. The Morgan fingerprint density at radius 1 is 1.23 bits per heavy atom.